The van der Waals surface area contributed by atoms with E-state index in [9.17, 15) is 9.59 Å². The molecule has 0 aliphatic carbocycles. The first-order valence-corrected chi connectivity index (χ1v) is 5.25. The Morgan fingerprint density at radius 1 is 1.60 bits per heavy atom. The Hall–Kier alpha value is -1.10. The van der Waals surface area contributed by atoms with Gasteiger partial charge in [0, 0.05) is 12.6 Å². The number of aliphatic carboxylic acids is 1. The molecule has 2 N–H and O–H groups in total. The Kier molecular flexibility index (Phi) is 4.08. The Labute approximate surface area is 89.4 Å². The monoisotopic (exact) mass is 214 g/mol. The third-order valence-electron chi connectivity index (χ3n) is 2.87. The van der Waals surface area contributed by atoms with Crippen molar-refractivity contribution in [3.8, 4) is 0 Å². The molecule has 2 unspecified atom stereocenters. The van der Waals surface area contributed by atoms with Gasteiger partial charge in [-0.3, -0.25) is 9.59 Å². The van der Waals surface area contributed by atoms with Crippen LogP contribution in [0.2, 0.25) is 0 Å². The van der Waals surface area contributed by atoms with Crippen molar-refractivity contribution in [3.05, 3.63) is 0 Å². The third kappa shape index (κ3) is 2.92. The largest absolute Gasteiger partial charge is 0.481 e. The van der Waals surface area contributed by atoms with Crippen LogP contribution in [0.4, 0.5) is 0 Å². The number of nitrogens with one attached hydrogen (secondary N) is 1. The zero-order chi connectivity index (χ0) is 11.4. The summed E-state index contributed by atoms with van der Waals surface area (Å²) in [5.41, 5.74) is 0. The molecule has 1 saturated heterocycles. The molecule has 1 fully saturated rings. The van der Waals surface area contributed by atoms with Crippen molar-refractivity contribution >= 4 is 11.9 Å². The van der Waals surface area contributed by atoms with Crippen LogP contribution in [0.15, 0.2) is 0 Å². The van der Waals surface area contributed by atoms with Gasteiger partial charge in [0.25, 0.3) is 0 Å². The fraction of sp³-hybridized carbons (Fsp3) is 0.800. The lowest BCUT2D eigenvalue weighted by atomic mass is 10.1. The van der Waals surface area contributed by atoms with Crippen molar-refractivity contribution in [1.82, 2.24) is 10.2 Å². The normalized spacial score (nSPS) is 22.8. The molecule has 5 nitrogen and oxygen atoms in total. The molecule has 0 bridgehead atoms. The van der Waals surface area contributed by atoms with Gasteiger partial charge in [-0.1, -0.05) is 0 Å². The van der Waals surface area contributed by atoms with Crippen molar-refractivity contribution in [2.75, 3.05) is 13.6 Å². The second-order valence-electron chi connectivity index (χ2n) is 3.94. The second-order valence-corrected chi connectivity index (χ2v) is 3.94. The summed E-state index contributed by atoms with van der Waals surface area (Å²) in [6.45, 7) is 2.47. The lowest BCUT2D eigenvalue weighted by Crippen LogP contribution is -2.46. The van der Waals surface area contributed by atoms with E-state index in [-0.39, 0.29) is 24.4 Å². The van der Waals surface area contributed by atoms with Gasteiger partial charge in [0.15, 0.2) is 0 Å². The number of likely N-dealkylation sites (tertiary alicyclic amines) is 1. The maximum Gasteiger partial charge on any atom is 0.305 e. The molecule has 0 aromatic heterocycles. The van der Waals surface area contributed by atoms with Crippen LogP contribution in [0, 0.1) is 0 Å². The number of hydrogen-bond donors (Lipinski definition) is 2. The molecule has 86 valence electrons. The number of carboxylic acids is 1. The maximum absolute atomic E-state index is 11.8. The fourth-order valence-corrected chi connectivity index (χ4v) is 1.91. The smallest absolute Gasteiger partial charge is 0.305 e. The number of rotatable bonds is 4. The van der Waals surface area contributed by atoms with Gasteiger partial charge in [0.1, 0.15) is 0 Å². The van der Waals surface area contributed by atoms with E-state index >= 15 is 0 Å². The molecule has 5 heteroatoms. The Balaban J connectivity index is 2.59. The van der Waals surface area contributed by atoms with E-state index in [0.29, 0.717) is 6.54 Å². The quantitative estimate of drug-likeness (QED) is 0.694. The van der Waals surface area contributed by atoms with Crippen LogP contribution in [0.5, 0.6) is 0 Å². The molecule has 0 saturated carbocycles. The van der Waals surface area contributed by atoms with E-state index in [1.54, 1.807) is 18.9 Å². The van der Waals surface area contributed by atoms with Crippen molar-refractivity contribution in [2.45, 2.75) is 38.3 Å². The van der Waals surface area contributed by atoms with Crippen LogP contribution >= 0.6 is 0 Å². The number of carboxylic acid groups (broad SMARTS) is 1. The summed E-state index contributed by atoms with van der Waals surface area (Å²) < 4.78 is 0. The van der Waals surface area contributed by atoms with Crippen LogP contribution in [-0.4, -0.2) is 47.6 Å². The second kappa shape index (κ2) is 5.11. The highest BCUT2D eigenvalue weighted by Crippen LogP contribution is 2.20. The lowest BCUT2D eigenvalue weighted by Gasteiger charge is -2.26. The van der Waals surface area contributed by atoms with Crippen LogP contribution < -0.4 is 5.32 Å². The first-order chi connectivity index (χ1) is 7.06. The summed E-state index contributed by atoms with van der Waals surface area (Å²) in [5, 5.41) is 11.6. The fourth-order valence-electron chi connectivity index (χ4n) is 1.91. The van der Waals surface area contributed by atoms with E-state index in [2.05, 4.69) is 5.32 Å². The van der Waals surface area contributed by atoms with Crippen LogP contribution in [0.25, 0.3) is 0 Å². The molecule has 1 heterocycles. The molecule has 1 aliphatic rings. The Morgan fingerprint density at radius 2 is 2.27 bits per heavy atom. The Bertz CT molecular complexity index is 255. The predicted octanol–water partition coefficient (Wildman–Crippen LogP) is 0.0600. The summed E-state index contributed by atoms with van der Waals surface area (Å²) >= 11 is 0. The van der Waals surface area contributed by atoms with Crippen LogP contribution in [-0.2, 0) is 9.59 Å². The highest BCUT2D eigenvalue weighted by molar-refractivity contribution is 5.82. The van der Waals surface area contributed by atoms with Crippen LogP contribution in [0.3, 0.4) is 0 Å². The average Bonchev–Trinajstić information content (AvgIpc) is 2.62. The first-order valence-electron chi connectivity index (χ1n) is 5.25. The number of hydrogen-bond acceptors (Lipinski definition) is 3. The minimum atomic E-state index is -0.836. The molecule has 1 aliphatic heterocycles. The average molecular weight is 214 g/mol. The summed E-state index contributed by atoms with van der Waals surface area (Å²) in [5.74, 6) is -0.835. The zero-order valence-corrected chi connectivity index (χ0v) is 9.19. The van der Waals surface area contributed by atoms with Crippen molar-refractivity contribution < 1.29 is 14.7 Å². The molecule has 0 aromatic rings. The van der Waals surface area contributed by atoms with E-state index in [4.69, 9.17) is 5.11 Å². The van der Waals surface area contributed by atoms with Gasteiger partial charge in [0.2, 0.25) is 5.91 Å². The lowest BCUT2D eigenvalue weighted by molar-refractivity contribution is -0.140. The van der Waals surface area contributed by atoms with Crippen LogP contribution in [0.1, 0.15) is 26.2 Å². The standard InChI is InChI=1S/C10H18N2O3/c1-7(11-2)10(15)12-5-3-4-8(12)6-9(13)14/h7-8,11H,3-6H2,1-2H3,(H,13,14). The van der Waals surface area contributed by atoms with Gasteiger partial charge in [-0.25, -0.2) is 0 Å². The molecule has 0 aromatic carbocycles. The maximum atomic E-state index is 11.8. The van der Waals surface area contributed by atoms with E-state index in [1.165, 1.54) is 0 Å². The number of likely N-dealkylation sites (N-methyl/N-ethyl adjacent to an activating group) is 1. The third-order valence-corrected chi connectivity index (χ3v) is 2.87. The molecule has 0 radical (unpaired) electrons. The van der Waals surface area contributed by atoms with Crippen molar-refractivity contribution in [1.29, 1.82) is 0 Å². The van der Waals surface area contributed by atoms with Gasteiger partial charge < -0.3 is 15.3 Å². The number of amides is 1. The van der Waals surface area contributed by atoms with E-state index < -0.39 is 5.97 Å². The van der Waals surface area contributed by atoms with E-state index in [0.717, 1.165) is 12.8 Å². The Morgan fingerprint density at radius 3 is 2.80 bits per heavy atom. The van der Waals surface area contributed by atoms with Crippen molar-refractivity contribution in [2.24, 2.45) is 0 Å². The SMILES string of the molecule is CNC(C)C(=O)N1CCCC1CC(=O)O. The number of carbonyl (C=O) groups excluding carboxylic acids is 1. The van der Waals surface area contributed by atoms with Gasteiger partial charge >= 0.3 is 5.97 Å². The summed E-state index contributed by atoms with van der Waals surface area (Å²) in [6, 6.07) is -0.356. The number of carbonyl (C=O) groups is 2. The number of nitrogens with zero attached hydrogens (tertiary/aromatic N) is 1. The highest BCUT2D eigenvalue weighted by atomic mass is 16.4. The summed E-state index contributed by atoms with van der Waals surface area (Å²) in [7, 11) is 1.73. The van der Waals surface area contributed by atoms with Gasteiger partial charge in [-0.2, -0.15) is 0 Å². The summed E-state index contributed by atoms with van der Waals surface area (Å²) in [4.78, 5) is 24.1. The van der Waals surface area contributed by atoms with E-state index in [1.807, 2.05) is 0 Å². The molecule has 1 rings (SSSR count). The minimum Gasteiger partial charge on any atom is -0.481 e. The highest BCUT2D eigenvalue weighted by Gasteiger charge is 2.31. The predicted molar refractivity (Wildman–Crippen MR) is 55.5 cm³/mol. The molecule has 2 atom stereocenters. The molecule has 0 spiro atoms. The van der Waals surface area contributed by atoms with Gasteiger partial charge in [0.05, 0.1) is 12.5 Å². The first kappa shape index (κ1) is 12.0. The molecular formula is C10H18N2O3. The van der Waals surface area contributed by atoms with Gasteiger partial charge in [-0.15, -0.1) is 0 Å². The molecular weight excluding hydrogens is 196 g/mol. The topological polar surface area (TPSA) is 69.6 Å². The summed E-state index contributed by atoms with van der Waals surface area (Å²) in [6.07, 6.45) is 1.76. The van der Waals surface area contributed by atoms with Gasteiger partial charge in [-0.05, 0) is 26.8 Å². The molecule has 1 amide bonds. The minimum absolute atomic E-state index is 0.00116. The molecule has 15 heavy (non-hydrogen) atoms. The zero-order valence-electron chi connectivity index (χ0n) is 9.19. The van der Waals surface area contributed by atoms with Crippen molar-refractivity contribution in [3.63, 3.8) is 0 Å².